The monoisotopic (exact) mass is 252 g/mol. The van der Waals surface area contributed by atoms with Crippen molar-refractivity contribution in [1.82, 2.24) is 4.57 Å². The van der Waals surface area contributed by atoms with Crippen LogP contribution in [0.25, 0.3) is 5.69 Å². The third-order valence-corrected chi connectivity index (χ3v) is 2.48. The molecule has 1 N–H and O–H groups in total. The van der Waals surface area contributed by atoms with Crippen molar-refractivity contribution in [3.8, 4) is 5.69 Å². The van der Waals surface area contributed by atoms with Gasteiger partial charge in [0.05, 0.1) is 5.69 Å². The van der Waals surface area contributed by atoms with Crippen LogP contribution in [0.1, 0.15) is 0 Å². The number of nitrogens with zero attached hydrogens (tertiary/aromatic N) is 1. The second kappa shape index (κ2) is 5.01. The number of benzene rings is 1. The molecule has 5 heteroatoms. The van der Waals surface area contributed by atoms with E-state index in [4.69, 9.17) is 11.6 Å². The average Bonchev–Trinajstić information content (AvgIpc) is 2.85. The highest BCUT2D eigenvalue weighted by atomic mass is 35.5. The maximum atomic E-state index is 13.6. The molecule has 17 heavy (non-hydrogen) atoms. The Morgan fingerprint density at radius 2 is 2.06 bits per heavy atom. The quantitative estimate of drug-likeness (QED) is 0.838. The van der Waals surface area contributed by atoms with Crippen LogP contribution in [0, 0.1) is 5.82 Å². The van der Waals surface area contributed by atoms with E-state index in [0.29, 0.717) is 11.4 Å². The van der Waals surface area contributed by atoms with E-state index in [1.165, 1.54) is 12.1 Å². The summed E-state index contributed by atoms with van der Waals surface area (Å²) in [4.78, 5) is 11.1. The molecule has 88 valence electrons. The van der Waals surface area contributed by atoms with Gasteiger partial charge in [-0.3, -0.25) is 4.79 Å². The van der Waals surface area contributed by atoms with E-state index in [-0.39, 0.29) is 17.6 Å². The Kier molecular flexibility index (Phi) is 3.44. The maximum absolute atomic E-state index is 13.6. The van der Waals surface area contributed by atoms with Crippen molar-refractivity contribution in [1.29, 1.82) is 0 Å². The third-order valence-electron chi connectivity index (χ3n) is 2.23. The maximum Gasteiger partial charge on any atom is 0.239 e. The molecule has 0 fully saturated rings. The Balaban J connectivity index is 2.33. The van der Waals surface area contributed by atoms with Crippen molar-refractivity contribution in [2.45, 2.75) is 0 Å². The molecular formula is C12H10ClFN2O. The van der Waals surface area contributed by atoms with Crippen molar-refractivity contribution in [3.05, 3.63) is 48.5 Å². The zero-order valence-electron chi connectivity index (χ0n) is 8.86. The molecule has 0 saturated heterocycles. The Bertz CT molecular complexity index is 525. The first-order chi connectivity index (χ1) is 8.20. The minimum atomic E-state index is -0.356. The third kappa shape index (κ3) is 2.65. The molecule has 0 bridgehead atoms. The normalized spacial score (nSPS) is 10.2. The van der Waals surface area contributed by atoms with Crippen molar-refractivity contribution in [2.75, 3.05) is 11.2 Å². The first-order valence-corrected chi connectivity index (χ1v) is 5.53. The fraction of sp³-hybridized carbons (Fsp3) is 0.0833. The topological polar surface area (TPSA) is 34.0 Å². The van der Waals surface area contributed by atoms with Gasteiger partial charge in [-0.15, -0.1) is 11.6 Å². The molecule has 0 saturated carbocycles. The highest BCUT2D eigenvalue weighted by Gasteiger charge is 2.06. The Labute approximate surface area is 103 Å². The number of hydrogen-bond donors (Lipinski definition) is 1. The van der Waals surface area contributed by atoms with Crippen LogP contribution >= 0.6 is 11.6 Å². The summed E-state index contributed by atoms with van der Waals surface area (Å²) in [6.45, 7) is 0. The van der Waals surface area contributed by atoms with Crippen LogP contribution in [0.3, 0.4) is 0 Å². The van der Waals surface area contributed by atoms with E-state index in [2.05, 4.69) is 5.32 Å². The summed E-state index contributed by atoms with van der Waals surface area (Å²) in [5, 5.41) is 2.57. The summed E-state index contributed by atoms with van der Waals surface area (Å²) < 4.78 is 15.2. The van der Waals surface area contributed by atoms with E-state index < -0.39 is 0 Å². The van der Waals surface area contributed by atoms with Gasteiger partial charge in [0.1, 0.15) is 11.7 Å². The molecule has 3 nitrogen and oxygen atoms in total. The number of anilines is 1. The smallest absolute Gasteiger partial charge is 0.239 e. The lowest BCUT2D eigenvalue weighted by Gasteiger charge is -2.08. The Morgan fingerprint density at radius 3 is 2.71 bits per heavy atom. The number of nitrogens with one attached hydrogen (secondary N) is 1. The molecule has 0 aliphatic rings. The molecule has 0 atom stereocenters. The summed E-state index contributed by atoms with van der Waals surface area (Å²) >= 11 is 5.38. The average molecular weight is 253 g/mol. The Hall–Kier alpha value is -1.81. The van der Waals surface area contributed by atoms with Gasteiger partial charge in [0.2, 0.25) is 5.91 Å². The first-order valence-electron chi connectivity index (χ1n) is 4.99. The second-order valence-electron chi connectivity index (χ2n) is 3.44. The van der Waals surface area contributed by atoms with E-state index in [1.54, 1.807) is 35.2 Å². The van der Waals surface area contributed by atoms with Gasteiger partial charge >= 0.3 is 0 Å². The molecule has 0 unspecified atom stereocenters. The molecule has 1 aromatic heterocycles. The van der Waals surface area contributed by atoms with Crippen LogP contribution in [0.5, 0.6) is 0 Å². The van der Waals surface area contributed by atoms with Crippen molar-refractivity contribution in [2.24, 2.45) is 0 Å². The van der Waals surface area contributed by atoms with Gasteiger partial charge in [0.15, 0.2) is 0 Å². The summed E-state index contributed by atoms with van der Waals surface area (Å²) in [7, 11) is 0. The fourth-order valence-electron chi connectivity index (χ4n) is 1.48. The minimum absolute atomic E-state index is 0.129. The van der Waals surface area contributed by atoms with Gasteiger partial charge in [-0.05, 0) is 30.3 Å². The van der Waals surface area contributed by atoms with Crippen LogP contribution in [-0.2, 0) is 4.79 Å². The van der Waals surface area contributed by atoms with Gasteiger partial charge in [0, 0.05) is 18.1 Å². The number of rotatable bonds is 3. The number of aromatic nitrogens is 1. The largest absolute Gasteiger partial charge is 0.325 e. The van der Waals surface area contributed by atoms with Crippen LogP contribution in [0.2, 0.25) is 0 Å². The van der Waals surface area contributed by atoms with Gasteiger partial charge in [-0.1, -0.05) is 0 Å². The SMILES string of the molecule is O=C(CCl)Nc1ccc(F)c(-n2cccc2)c1. The fourth-order valence-corrected chi connectivity index (χ4v) is 1.54. The molecule has 2 aromatic rings. The van der Waals surface area contributed by atoms with E-state index >= 15 is 0 Å². The van der Waals surface area contributed by atoms with Crippen molar-refractivity contribution >= 4 is 23.2 Å². The number of amides is 1. The number of alkyl halides is 1. The summed E-state index contributed by atoms with van der Waals surface area (Å²) in [6.07, 6.45) is 3.46. The lowest BCUT2D eigenvalue weighted by Crippen LogP contribution is -2.12. The van der Waals surface area contributed by atoms with E-state index in [9.17, 15) is 9.18 Å². The van der Waals surface area contributed by atoms with Crippen molar-refractivity contribution in [3.63, 3.8) is 0 Å². The van der Waals surface area contributed by atoms with Crippen LogP contribution in [0.15, 0.2) is 42.7 Å². The van der Waals surface area contributed by atoms with Crippen molar-refractivity contribution < 1.29 is 9.18 Å². The molecule has 0 spiro atoms. The lowest BCUT2D eigenvalue weighted by molar-refractivity contribution is -0.113. The zero-order chi connectivity index (χ0) is 12.3. The van der Waals surface area contributed by atoms with Gasteiger partial charge in [-0.25, -0.2) is 4.39 Å². The summed E-state index contributed by atoms with van der Waals surface area (Å²) in [5.41, 5.74) is 0.892. The molecule has 1 aromatic carbocycles. The van der Waals surface area contributed by atoms with Crippen LogP contribution in [-0.4, -0.2) is 16.4 Å². The minimum Gasteiger partial charge on any atom is -0.325 e. The summed E-state index contributed by atoms with van der Waals surface area (Å²) in [5.74, 6) is -0.808. The van der Waals surface area contributed by atoms with Gasteiger partial charge < -0.3 is 9.88 Å². The number of carbonyl (C=O) groups is 1. The molecule has 1 amide bonds. The number of halogens is 2. The summed E-state index contributed by atoms with van der Waals surface area (Å²) in [6, 6.07) is 7.94. The first kappa shape index (κ1) is 11.7. The highest BCUT2D eigenvalue weighted by molar-refractivity contribution is 6.29. The van der Waals surface area contributed by atoms with E-state index in [0.717, 1.165) is 0 Å². The van der Waals surface area contributed by atoms with E-state index in [1.807, 2.05) is 0 Å². The standard InChI is InChI=1S/C12H10ClFN2O/c13-8-12(17)15-9-3-4-10(14)11(7-9)16-5-1-2-6-16/h1-7H,8H2,(H,15,17). The van der Waals surface area contributed by atoms with Crippen LogP contribution < -0.4 is 5.32 Å². The lowest BCUT2D eigenvalue weighted by atomic mass is 10.2. The van der Waals surface area contributed by atoms with Gasteiger partial charge in [0.25, 0.3) is 0 Å². The zero-order valence-corrected chi connectivity index (χ0v) is 9.62. The van der Waals surface area contributed by atoms with Gasteiger partial charge in [-0.2, -0.15) is 0 Å². The second-order valence-corrected chi connectivity index (χ2v) is 3.71. The molecular weight excluding hydrogens is 243 g/mol. The number of hydrogen-bond acceptors (Lipinski definition) is 1. The highest BCUT2D eigenvalue weighted by Crippen LogP contribution is 2.18. The molecule has 2 rings (SSSR count). The predicted octanol–water partition coefficient (Wildman–Crippen LogP) is 2.79. The number of carbonyl (C=O) groups excluding carboxylic acids is 1. The van der Waals surface area contributed by atoms with Crippen LogP contribution in [0.4, 0.5) is 10.1 Å². The molecule has 0 aliphatic carbocycles. The predicted molar refractivity (Wildman–Crippen MR) is 65.1 cm³/mol. The molecule has 1 heterocycles. The molecule has 0 aliphatic heterocycles. The Morgan fingerprint density at radius 1 is 1.35 bits per heavy atom. The molecule has 0 radical (unpaired) electrons.